The zero-order chi connectivity index (χ0) is 18.5. The Labute approximate surface area is 157 Å². The van der Waals surface area contributed by atoms with Crippen LogP contribution in [0.15, 0.2) is 36.7 Å². The van der Waals surface area contributed by atoms with Gasteiger partial charge in [-0.15, -0.1) is 0 Å². The summed E-state index contributed by atoms with van der Waals surface area (Å²) in [5.74, 6) is 1.16. The van der Waals surface area contributed by atoms with Gasteiger partial charge in [0.15, 0.2) is 5.82 Å². The Morgan fingerprint density at radius 2 is 2.15 bits per heavy atom. The number of hydrogen-bond donors (Lipinski definition) is 1. The van der Waals surface area contributed by atoms with Crippen molar-refractivity contribution in [2.75, 3.05) is 37.4 Å². The third-order valence-electron chi connectivity index (χ3n) is 4.09. The number of ether oxygens (including phenoxy) is 1. The molecule has 1 atom stereocenters. The lowest BCUT2D eigenvalue weighted by Crippen LogP contribution is -2.46. The number of amides is 2. The van der Waals surface area contributed by atoms with Crippen molar-refractivity contribution in [3.05, 3.63) is 41.7 Å². The number of nitrogens with zero attached hydrogens (tertiary/aromatic N) is 4. The number of carbonyl (C=O) groups excluding carboxylic acids is 1. The van der Waals surface area contributed by atoms with Crippen molar-refractivity contribution in [1.29, 1.82) is 0 Å². The molecule has 0 bridgehead atoms. The summed E-state index contributed by atoms with van der Waals surface area (Å²) in [7, 11) is 3.78. The number of nitrogens with one attached hydrogen (secondary N) is 1. The van der Waals surface area contributed by atoms with Gasteiger partial charge in [0.1, 0.15) is 6.10 Å². The molecule has 8 heteroatoms. The van der Waals surface area contributed by atoms with E-state index in [-0.39, 0.29) is 12.1 Å². The first kappa shape index (κ1) is 18.3. The summed E-state index contributed by atoms with van der Waals surface area (Å²) in [5.41, 5.74) is 0.675. The molecule has 0 aliphatic carbocycles. The van der Waals surface area contributed by atoms with E-state index < -0.39 is 0 Å². The molecule has 1 aliphatic heterocycles. The number of likely N-dealkylation sites (tertiary alicyclic amines) is 1. The van der Waals surface area contributed by atoms with E-state index in [9.17, 15) is 4.79 Å². The van der Waals surface area contributed by atoms with Gasteiger partial charge in [-0.25, -0.2) is 14.8 Å². The number of rotatable bonds is 4. The van der Waals surface area contributed by atoms with Crippen LogP contribution in [-0.4, -0.2) is 54.2 Å². The van der Waals surface area contributed by atoms with Crippen LogP contribution in [0.5, 0.6) is 5.88 Å². The molecule has 1 aromatic heterocycles. The number of benzene rings is 1. The monoisotopic (exact) mass is 375 g/mol. The van der Waals surface area contributed by atoms with Crippen molar-refractivity contribution >= 4 is 29.1 Å². The van der Waals surface area contributed by atoms with Crippen LogP contribution >= 0.6 is 11.6 Å². The Morgan fingerprint density at radius 1 is 1.35 bits per heavy atom. The lowest BCUT2D eigenvalue weighted by atomic mass is 10.1. The normalized spacial score (nSPS) is 16.9. The Balaban J connectivity index is 1.63. The molecule has 7 nitrogen and oxygen atoms in total. The highest BCUT2D eigenvalue weighted by Crippen LogP contribution is 2.24. The Kier molecular flexibility index (Phi) is 5.78. The fourth-order valence-electron chi connectivity index (χ4n) is 2.85. The minimum Gasteiger partial charge on any atom is -0.470 e. The molecule has 0 spiro atoms. The van der Waals surface area contributed by atoms with Crippen LogP contribution in [0.4, 0.5) is 16.3 Å². The first-order valence-corrected chi connectivity index (χ1v) is 8.87. The maximum absolute atomic E-state index is 12.5. The standard InChI is InChI=1S/C18H22ClN5O2/c1-23(2)16-17(21-9-8-20-16)26-15-7-4-10-24(12-15)18(25)22-14-6-3-5-13(19)11-14/h3,5-6,8-9,11,15H,4,7,10,12H2,1-2H3,(H,22,25). The number of hydrogen-bond acceptors (Lipinski definition) is 5. The average molecular weight is 376 g/mol. The molecule has 0 saturated carbocycles. The third-order valence-corrected chi connectivity index (χ3v) is 4.32. The number of aromatic nitrogens is 2. The molecular weight excluding hydrogens is 354 g/mol. The number of piperidine rings is 1. The van der Waals surface area contributed by atoms with Crippen molar-refractivity contribution in [3.8, 4) is 5.88 Å². The Bertz CT molecular complexity index is 771. The lowest BCUT2D eigenvalue weighted by molar-refractivity contribution is 0.103. The lowest BCUT2D eigenvalue weighted by Gasteiger charge is -2.33. The molecule has 0 radical (unpaired) electrons. The molecule has 3 rings (SSSR count). The SMILES string of the molecule is CN(C)c1nccnc1OC1CCCN(C(=O)Nc2cccc(Cl)c2)C1. The van der Waals surface area contributed by atoms with E-state index in [1.807, 2.05) is 25.1 Å². The predicted molar refractivity (Wildman–Crippen MR) is 102 cm³/mol. The van der Waals surface area contributed by atoms with Gasteiger partial charge < -0.3 is 19.9 Å². The number of halogens is 1. The van der Waals surface area contributed by atoms with Gasteiger partial charge in [0.25, 0.3) is 5.88 Å². The van der Waals surface area contributed by atoms with Crippen LogP contribution in [0.1, 0.15) is 12.8 Å². The van der Waals surface area contributed by atoms with Crippen LogP contribution < -0.4 is 15.0 Å². The van der Waals surface area contributed by atoms with E-state index in [0.717, 1.165) is 12.8 Å². The molecule has 1 aromatic carbocycles. The third kappa shape index (κ3) is 4.54. The molecule has 1 fully saturated rings. The number of carbonyl (C=O) groups is 1. The summed E-state index contributed by atoms with van der Waals surface area (Å²) >= 11 is 5.97. The number of anilines is 2. The fraction of sp³-hybridized carbons (Fsp3) is 0.389. The highest BCUT2D eigenvalue weighted by molar-refractivity contribution is 6.30. The van der Waals surface area contributed by atoms with Gasteiger partial charge in [0.05, 0.1) is 6.54 Å². The van der Waals surface area contributed by atoms with E-state index in [1.54, 1.807) is 35.5 Å². The fourth-order valence-corrected chi connectivity index (χ4v) is 3.04. The summed E-state index contributed by atoms with van der Waals surface area (Å²) < 4.78 is 6.04. The maximum Gasteiger partial charge on any atom is 0.321 e. The zero-order valence-corrected chi connectivity index (χ0v) is 15.6. The zero-order valence-electron chi connectivity index (χ0n) is 14.9. The quantitative estimate of drug-likeness (QED) is 0.888. The van der Waals surface area contributed by atoms with Gasteiger partial charge in [-0.1, -0.05) is 17.7 Å². The van der Waals surface area contributed by atoms with Crippen molar-refractivity contribution in [1.82, 2.24) is 14.9 Å². The Hall–Kier alpha value is -2.54. The molecule has 2 heterocycles. The average Bonchev–Trinajstić information content (AvgIpc) is 2.62. The smallest absolute Gasteiger partial charge is 0.321 e. The molecule has 26 heavy (non-hydrogen) atoms. The van der Waals surface area contributed by atoms with Crippen molar-refractivity contribution < 1.29 is 9.53 Å². The van der Waals surface area contributed by atoms with E-state index in [1.165, 1.54) is 0 Å². The topological polar surface area (TPSA) is 70.6 Å². The van der Waals surface area contributed by atoms with E-state index in [2.05, 4.69) is 15.3 Å². The van der Waals surface area contributed by atoms with Gasteiger partial charge in [-0.2, -0.15) is 0 Å². The highest BCUT2D eigenvalue weighted by atomic mass is 35.5. The van der Waals surface area contributed by atoms with E-state index >= 15 is 0 Å². The first-order valence-electron chi connectivity index (χ1n) is 8.49. The minimum atomic E-state index is -0.160. The summed E-state index contributed by atoms with van der Waals surface area (Å²) in [6, 6.07) is 6.94. The summed E-state index contributed by atoms with van der Waals surface area (Å²) in [5, 5.41) is 3.46. The molecule has 1 aliphatic rings. The maximum atomic E-state index is 12.5. The van der Waals surface area contributed by atoms with Crippen LogP contribution in [0.3, 0.4) is 0 Å². The largest absolute Gasteiger partial charge is 0.470 e. The molecule has 2 amide bonds. The minimum absolute atomic E-state index is 0.121. The molecular formula is C18H22ClN5O2. The predicted octanol–water partition coefficient (Wildman–Crippen LogP) is 3.27. The van der Waals surface area contributed by atoms with Crippen LogP contribution in [-0.2, 0) is 0 Å². The van der Waals surface area contributed by atoms with Crippen LogP contribution in [0, 0.1) is 0 Å². The van der Waals surface area contributed by atoms with Gasteiger partial charge >= 0.3 is 6.03 Å². The number of urea groups is 1. The molecule has 1 saturated heterocycles. The van der Waals surface area contributed by atoms with Crippen molar-refractivity contribution in [2.24, 2.45) is 0 Å². The summed E-state index contributed by atoms with van der Waals surface area (Å²) in [4.78, 5) is 24.7. The first-order chi connectivity index (χ1) is 12.5. The molecule has 138 valence electrons. The van der Waals surface area contributed by atoms with Gasteiger partial charge in [-0.3, -0.25) is 0 Å². The Morgan fingerprint density at radius 3 is 2.92 bits per heavy atom. The van der Waals surface area contributed by atoms with Gasteiger partial charge in [-0.05, 0) is 31.0 Å². The van der Waals surface area contributed by atoms with Crippen LogP contribution in [0.25, 0.3) is 0 Å². The van der Waals surface area contributed by atoms with Gasteiger partial charge in [0, 0.05) is 43.7 Å². The van der Waals surface area contributed by atoms with Crippen LogP contribution in [0.2, 0.25) is 5.02 Å². The summed E-state index contributed by atoms with van der Waals surface area (Å²) in [6.07, 6.45) is 4.85. The van der Waals surface area contributed by atoms with Crippen molar-refractivity contribution in [2.45, 2.75) is 18.9 Å². The van der Waals surface area contributed by atoms with Crippen molar-refractivity contribution in [3.63, 3.8) is 0 Å². The second kappa shape index (κ2) is 8.23. The van der Waals surface area contributed by atoms with Gasteiger partial charge in [0.2, 0.25) is 0 Å². The molecule has 2 aromatic rings. The molecule has 1 N–H and O–H groups in total. The van der Waals surface area contributed by atoms with E-state index in [4.69, 9.17) is 16.3 Å². The second-order valence-corrected chi connectivity index (χ2v) is 6.78. The molecule has 1 unspecified atom stereocenters. The summed E-state index contributed by atoms with van der Waals surface area (Å²) in [6.45, 7) is 1.18. The highest BCUT2D eigenvalue weighted by Gasteiger charge is 2.26. The van der Waals surface area contributed by atoms with E-state index in [0.29, 0.717) is 35.5 Å². The second-order valence-electron chi connectivity index (χ2n) is 6.35.